The first-order valence-corrected chi connectivity index (χ1v) is 9.81. The second-order valence-corrected chi connectivity index (χ2v) is 7.19. The molecular weight excluding hydrogens is 338 g/mol. The molecule has 1 heterocycles. The Morgan fingerprint density at radius 3 is 2.81 bits per heavy atom. The summed E-state index contributed by atoms with van der Waals surface area (Å²) in [7, 11) is 4.18. The van der Waals surface area contributed by atoms with E-state index in [1.807, 2.05) is 0 Å². The second kappa shape index (κ2) is 8.47. The summed E-state index contributed by atoms with van der Waals surface area (Å²) in [6.45, 7) is 4.38. The number of rotatable bonds is 6. The quantitative estimate of drug-likeness (QED) is 0.535. The summed E-state index contributed by atoms with van der Waals surface area (Å²) in [4.78, 5) is 13.7. The first kappa shape index (κ1) is 19.3. The van der Waals surface area contributed by atoms with Gasteiger partial charge in [-0.2, -0.15) is 0 Å². The SMILES string of the molecule is CCOC(=O)C=Cc1cc2c(o1)CCCC2c1ccc(N(C)C)c(CC)c1. The lowest BCUT2D eigenvalue weighted by Crippen LogP contribution is -2.13. The molecule has 0 bridgehead atoms. The molecule has 4 nitrogen and oxygen atoms in total. The fourth-order valence-corrected chi connectivity index (χ4v) is 3.89. The molecular formula is C23H29NO3. The highest BCUT2D eigenvalue weighted by Gasteiger charge is 2.26. The number of hydrogen-bond donors (Lipinski definition) is 0. The zero-order valence-electron chi connectivity index (χ0n) is 16.7. The lowest BCUT2D eigenvalue weighted by Gasteiger charge is -2.24. The summed E-state index contributed by atoms with van der Waals surface area (Å²) in [5.74, 6) is 1.78. The summed E-state index contributed by atoms with van der Waals surface area (Å²) in [5.41, 5.74) is 5.25. The Labute approximate surface area is 161 Å². The van der Waals surface area contributed by atoms with Crippen LogP contribution in [-0.4, -0.2) is 26.7 Å². The maximum atomic E-state index is 11.5. The van der Waals surface area contributed by atoms with Gasteiger partial charge in [0.2, 0.25) is 0 Å². The van der Waals surface area contributed by atoms with E-state index in [-0.39, 0.29) is 5.97 Å². The highest BCUT2D eigenvalue weighted by molar-refractivity contribution is 5.86. The summed E-state index contributed by atoms with van der Waals surface area (Å²) >= 11 is 0. The van der Waals surface area contributed by atoms with E-state index in [1.165, 1.54) is 28.5 Å². The number of aryl methyl sites for hydroxylation is 2. The van der Waals surface area contributed by atoms with Crippen molar-refractivity contribution < 1.29 is 13.9 Å². The van der Waals surface area contributed by atoms with Crippen LogP contribution in [0.2, 0.25) is 0 Å². The van der Waals surface area contributed by atoms with Gasteiger partial charge in [0.25, 0.3) is 0 Å². The molecule has 2 aromatic rings. The van der Waals surface area contributed by atoms with Crippen molar-refractivity contribution in [3.8, 4) is 0 Å². The Hall–Kier alpha value is -2.49. The first-order chi connectivity index (χ1) is 13.0. The first-order valence-electron chi connectivity index (χ1n) is 9.81. The standard InChI is InChI=1S/C23H29NO3/c1-5-16-14-17(10-12-21(16)24(3)4)19-8-7-9-22-20(19)15-18(27-22)11-13-23(25)26-6-2/h10-15,19H,5-9H2,1-4H3. The third kappa shape index (κ3) is 4.26. The minimum Gasteiger partial charge on any atom is -0.463 e. The van der Waals surface area contributed by atoms with Crippen molar-refractivity contribution in [2.75, 3.05) is 25.6 Å². The topological polar surface area (TPSA) is 42.7 Å². The highest BCUT2D eigenvalue weighted by atomic mass is 16.5. The van der Waals surface area contributed by atoms with Gasteiger partial charge >= 0.3 is 5.97 Å². The monoisotopic (exact) mass is 367 g/mol. The molecule has 27 heavy (non-hydrogen) atoms. The number of esters is 1. The van der Waals surface area contributed by atoms with E-state index >= 15 is 0 Å². The number of benzene rings is 1. The second-order valence-electron chi connectivity index (χ2n) is 7.19. The van der Waals surface area contributed by atoms with E-state index in [4.69, 9.17) is 9.15 Å². The number of hydrogen-bond acceptors (Lipinski definition) is 4. The molecule has 1 aromatic carbocycles. The van der Waals surface area contributed by atoms with Crippen LogP contribution in [0.1, 0.15) is 60.8 Å². The molecule has 1 aliphatic carbocycles. The molecule has 1 unspecified atom stereocenters. The smallest absolute Gasteiger partial charge is 0.330 e. The number of fused-ring (bicyclic) bond motifs is 1. The third-order valence-corrected chi connectivity index (χ3v) is 5.17. The van der Waals surface area contributed by atoms with Gasteiger partial charge in [0, 0.05) is 43.8 Å². The molecule has 0 saturated heterocycles. The van der Waals surface area contributed by atoms with Crippen LogP contribution in [0.15, 0.2) is 34.8 Å². The number of nitrogens with zero attached hydrogens (tertiary/aromatic N) is 1. The molecule has 1 atom stereocenters. The Kier molecular flexibility index (Phi) is 6.04. The van der Waals surface area contributed by atoms with Crippen molar-refractivity contribution in [3.63, 3.8) is 0 Å². The van der Waals surface area contributed by atoms with E-state index in [0.717, 1.165) is 37.2 Å². The van der Waals surface area contributed by atoms with E-state index in [2.05, 4.69) is 50.2 Å². The van der Waals surface area contributed by atoms with Crippen LogP contribution in [0.3, 0.4) is 0 Å². The predicted octanol–water partition coefficient (Wildman–Crippen LogP) is 4.95. The van der Waals surface area contributed by atoms with Crippen LogP contribution in [0, 0.1) is 0 Å². The van der Waals surface area contributed by atoms with Crippen molar-refractivity contribution in [1.82, 2.24) is 0 Å². The minimum absolute atomic E-state index is 0.338. The molecule has 0 N–H and O–H groups in total. The van der Waals surface area contributed by atoms with Gasteiger partial charge in [0.1, 0.15) is 11.5 Å². The zero-order valence-corrected chi connectivity index (χ0v) is 16.7. The van der Waals surface area contributed by atoms with Gasteiger partial charge in [-0.05, 0) is 55.5 Å². The van der Waals surface area contributed by atoms with E-state index < -0.39 is 0 Å². The molecule has 1 aliphatic rings. The normalized spacial score (nSPS) is 16.4. The largest absolute Gasteiger partial charge is 0.463 e. The maximum Gasteiger partial charge on any atom is 0.330 e. The lowest BCUT2D eigenvalue weighted by molar-refractivity contribution is -0.137. The number of furan rings is 1. The Bertz CT molecular complexity index is 832. The van der Waals surface area contributed by atoms with Crippen molar-refractivity contribution in [1.29, 1.82) is 0 Å². The zero-order chi connectivity index (χ0) is 19.4. The van der Waals surface area contributed by atoms with Crippen molar-refractivity contribution >= 4 is 17.7 Å². The van der Waals surface area contributed by atoms with Gasteiger partial charge in [0.05, 0.1) is 6.61 Å². The summed E-state index contributed by atoms with van der Waals surface area (Å²) in [5, 5.41) is 0. The van der Waals surface area contributed by atoms with Crippen LogP contribution in [0.25, 0.3) is 6.08 Å². The number of anilines is 1. The molecule has 0 radical (unpaired) electrons. The maximum absolute atomic E-state index is 11.5. The molecule has 4 heteroatoms. The third-order valence-electron chi connectivity index (χ3n) is 5.17. The van der Waals surface area contributed by atoms with Gasteiger partial charge in [-0.25, -0.2) is 4.79 Å². The van der Waals surface area contributed by atoms with Gasteiger partial charge < -0.3 is 14.1 Å². The van der Waals surface area contributed by atoms with Crippen molar-refractivity contribution in [2.24, 2.45) is 0 Å². The van der Waals surface area contributed by atoms with Crippen LogP contribution < -0.4 is 4.90 Å². The van der Waals surface area contributed by atoms with Crippen LogP contribution in [0.5, 0.6) is 0 Å². The summed E-state index contributed by atoms with van der Waals surface area (Å²) < 4.78 is 10.9. The fraction of sp³-hybridized carbons (Fsp3) is 0.435. The Morgan fingerprint density at radius 2 is 2.11 bits per heavy atom. The molecule has 1 aromatic heterocycles. The number of carbonyl (C=O) groups excluding carboxylic acids is 1. The predicted molar refractivity (Wildman–Crippen MR) is 109 cm³/mol. The van der Waals surface area contributed by atoms with Gasteiger partial charge in [-0.3, -0.25) is 0 Å². The van der Waals surface area contributed by atoms with E-state index in [1.54, 1.807) is 13.0 Å². The average molecular weight is 367 g/mol. The van der Waals surface area contributed by atoms with Gasteiger partial charge in [0.15, 0.2) is 0 Å². The lowest BCUT2D eigenvalue weighted by atomic mass is 9.81. The summed E-state index contributed by atoms with van der Waals surface area (Å²) in [6, 6.07) is 8.90. The molecule has 0 spiro atoms. The van der Waals surface area contributed by atoms with Crippen molar-refractivity contribution in [3.05, 3.63) is 58.6 Å². The molecule has 0 saturated carbocycles. The van der Waals surface area contributed by atoms with Crippen LogP contribution in [0.4, 0.5) is 5.69 Å². The van der Waals surface area contributed by atoms with Gasteiger partial charge in [-0.15, -0.1) is 0 Å². The average Bonchev–Trinajstić information content (AvgIpc) is 3.09. The molecule has 0 amide bonds. The molecule has 0 fully saturated rings. The van der Waals surface area contributed by atoms with Crippen LogP contribution >= 0.6 is 0 Å². The molecule has 3 rings (SSSR count). The van der Waals surface area contributed by atoms with E-state index in [9.17, 15) is 4.79 Å². The van der Waals surface area contributed by atoms with Crippen molar-refractivity contribution in [2.45, 2.75) is 45.4 Å². The number of carbonyl (C=O) groups is 1. The Morgan fingerprint density at radius 1 is 1.30 bits per heavy atom. The molecule has 144 valence electrons. The van der Waals surface area contributed by atoms with Gasteiger partial charge in [-0.1, -0.05) is 19.1 Å². The summed E-state index contributed by atoms with van der Waals surface area (Å²) in [6.07, 6.45) is 7.35. The molecule has 0 aliphatic heterocycles. The fourth-order valence-electron chi connectivity index (χ4n) is 3.89. The van der Waals surface area contributed by atoms with Crippen LogP contribution in [-0.2, 0) is 22.4 Å². The van der Waals surface area contributed by atoms with E-state index in [0.29, 0.717) is 12.5 Å². The highest BCUT2D eigenvalue weighted by Crippen LogP contribution is 2.40. The minimum atomic E-state index is -0.338. The number of ether oxygens (including phenoxy) is 1. The Balaban J connectivity index is 1.89.